The summed E-state index contributed by atoms with van der Waals surface area (Å²) in [4.78, 5) is 15.2. The van der Waals surface area contributed by atoms with Gasteiger partial charge < -0.3 is 30.3 Å². The molecule has 1 amide bonds. The fourth-order valence-electron chi connectivity index (χ4n) is 4.48. The zero-order chi connectivity index (χ0) is 24.0. The van der Waals surface area contributed by atoms with Gasteiger partial charge in [-0.3, -0.25) is 4.79 Å². The molecule has 1 aliphatic rings. The van der Waals surface area contributed by atoms with Gasteiger partial charge in [-0.05, 0) is 13.3 Å². The monoisotopic (exact) mass is 463 g/mol. The summed E-state index contributed by atoms with van der Waals surface area (Å²) in [7, 11) is 1.81. The largest absolute Gasteiger partial charge is 0.484 e. The number of aromatic nitrogens is 2. The van der Waals surface area contributed by atoms with E-state index in [1.165, 1.54) is 0 Å². The lowest BCUT2D eigenvalue weighted by atomic mass is 10.1. The van der Waals surface area contributed by atoms with Crippen molar-refractivity contribution in [3.05, 3.63) is 23.5 Å². The molecule has 0 radical (unpaired) electrons. The van der Waals surface area contributed by atoms with E-state index in [4.69, 9.17) is 15.2 Å². The van der Waals surface area contributed by atoms with Crippen LogP contribution >= 0.6 is 0 Å². The van der Waals surface area contributed by atoms with E-state index in [0.29, 0.717) is 37.5 Å². The average Bonchev–Trinajstić information content (AvgIpc) is 3.35. The third kappa shape index (κ3) is 5.48. The van der Waals surface area contributed by atoms with Crippen LogP contribution in [-0.4, -0.2) is 71.2 Å². The van der Waals surface area contributed by atoms with Crippen LogP contribution in [0, 0.1) is 0 Å². The quantitative estimate of drug-likeness (QED) is 0.322. The molecular weight excluding hydrogens is 424 g/mol. The third-order valence-corrected chi connectivity index (χ3v) is 6.31. The number of amides is 1. The van der Waals surface area contributed by atoms with Crippen LogP contribution in [0.2, 0.25) is 0 Å². The Bertz CT molecular complexity index is 945. The highest BCUT2D eigenvalue weighted by Gasteiger charge is 2.32. The predicted octanol–water partition coefficient (Wildman–Crippen LogP) is 1.19. The molecule has 0 spiro atoms. The number of aryl methyl sites for hydroxylation is 1. The molecule has 0 unspecified atom stereocenters. The molecule has 1 fully saturated rings. The van der Waals surface area contributed by atoms with Gasteiger partial charge in [0.2, 0.25) is 0 Å². The summed E-state index contributed by atoms with van der Waals surface area (Å²) in [5.41, 5.74) is 8.20. The Hall–Kier alpha value is -2.20. The van der Waals surface area contributed by atoms with Gasteiger partial charge in [0.05, 0.1) is 38.5 Å². The molecule has 2 atom stereocenters. The number of nitrogens with two attached hydrogens (primary N) is 1. The molecular formula is C24H39N4O5+. The van der Waals surface area contributed by atoms with Crippen molar-refractivity contribution in [2.45, 2.75) is 71.4 Å². The number of aliphatic hydroxyl groups is 2. The standard InChI is InChI=1S/C24H39N4O5/c1-4-6-7-8-9-26(3)24(31)17-12-18-19(13-21(17)33-22-16-32-15-20(22)30)28(10-11-29)23(14-25)27(18)5-2/h12-13,20,22,29-30H,4-11,14-16,25H2,1-3H3/q+1/t20-,22-/m0/s1. The highest BCUT2D eigenvalue weighted by Crippen LogP contribution is 2.29. The van der Waals surface area contributed by atoms with E-state index in [0.717, 1.165) is 42.5 Å². The summed E-state index contributed by atoms with van der Waals surface area (Å²) < 4.78 is 15.5. The van der Waals surface area contributed by atoms with Crippen molar-refractivity contribution in [1.29, 1.82) is 0 Å². The van der Waals surface area contributed by atoms with Crippen LogP contribution in [0.25, 0.3) is 11.0 Å². The van der Waals surface area contributed by atoms with Crippen LogP contribution in [0.3, 0.4) is 0 Å². The fourth-order valence-corrected chi connectivity index (χ4v) is 4.48. The van der Waals surface area contributed by atoms with Crippen molar-refractivity contribution in [3.8, 4) is 5.75 Å². The zero-order valence-electron chi connectivity index (χ0n) is 20.1. The van der Waals surface area contributed by atoms with Gasteiger partial charge in [0.15, 0.2) is 11.0 Å². The Labute approximate surface area is 195 Å². The highest BCUT2D eigenvalue weighted by molar-refractivity contribution is 6.00. The molecule has 184 valence electrons. The van der Waals surface area contributed by atoms with E-state index in [2.05, 4.69) is 11.5 Å². The van der Waals surface area contributed by atoms with Crippen molar-refractivity contribution in [3.63, 3.8) is 0 Å². The van der Waals surface area contributed by atoms with Gasteiger partial charge in [-0.15, -0.1) is 0 Å². The zero-order valence-corrected chi connectivity index (χ0v) is 20.1. The second kappa shape index (κ2) is 11.8. The van der Waals surface area contributed by atoms with E-state index in [9.17, 15) is 15.0 Å². The minimum Gasteiger partial charge on any atom is -0.484 e. The maximum Gasteiger partial charge on any atom is 0.271 e. The number of fused-ring (bicyclic) bond motifs is 1. The highest BCUT2D eigenvalue weighted by atomic mass is 16.6. The Balaban J connectivity index is 2.06. The lowest BCUT2D eigenvalue weighted by Gasteiger charge is -2.21. The first-order valence-corrected chi connectivity index (χ1v) is 12.0. The average molecular weight is 464 g/mol. The lowest BCUT2D eigenvalue weighted by Crippen LogP contribution is -2.38. The Morgan fingerprint density at radius 1 is 1.30 bits per heavy atom. The number of rotatable bonds is 12. The van der Waals surface area contributed by atoms with Crippen LogP contribution in [0.1, 0.15) is 55.7 Å². The molecule has 9 nitrogen and oxygen atoms in total. The van der Waals surface area contributed by atoms with Crippen LogP contribution in [0.15, 0.2) is 12.1 Å². The van der Waals surface area contributed by atoms with Gasteiger partial charge in [0.25, 0.3) is 11.7 Å². The summed E-state index contributed by atoms with van der Waals surface area (Å²) in [6.07, 6.45) is 3.03. The van der Waals surface area contributed by atoms with Gasteiger partial charge >= 0.3 is 0 Å². The normalized spacial score (nSPS) is 18.2. The van der Waals surface area contributed by atoms with Gasteiger partial charge in [-0.25, -0.2) is 9.13 Å². The van der Waals surface area contributed by atoms with E-state index >= 15 is 0 Å². The fraction of sp³-hybridized carbons (Fsp3) is 0.667. The predicted molar refractivity (Wildman–Crippen MR) is 125 cm³/mol. The summed E-state index contributed by atoms with van der Waals surface area (Å²) in [6.45, 7) is 6.66. The number of benzene rings is 1. The number of imidazole rings is 1. The second-order valence-corrected chi connectivity index (χ2v) is 8.63. The molecule has 2 heterocycles. The maximum absolute atomic E-state index is 13.5. The Morgan fingerprint density at radius 3 is 2.70 bits per heavy atom. The van der Waals surface area contributed by atoms with Crippen molar-refractivity contribution < 1.29 is 29.0 Å². The van der Waals surface area contributed by atoms with E-state index < -0.39 is 12.2 Å². The number of carbonyl (C=O) groups excluding carboxylic acids is 1. The molecule has 1 aromatic carbocycles. The number of hydrogen-bond donors (Lipinski definition) is 3. The van der Waals surface area contributed by atoms with Crippen molar-refractivity contribution in [2.24, 2.45) is 5.73 Å². The third-order valence-electron chi connectivity index (χ3n) is 6.31. The van der Waals surface area contributed by atoms with Crippen LogP contribution in [-0.2, 0) is 24.4 Å². The molecule has 1 aromatic heterocycles. The topological polar surface area (TPSA) is 114 Å². The van der Waals surface area contributed by atoms with Crippen LogP contribution in [0.5, 0.6) is 5.75 Å². The van der Waals surface area contributed by atoms with Gasteiger partial charge in [0.1, 0.15) is 24.5 Å². The molecule has 0 saturated carbocycles. The SMILES string of the molecule is CCCCCCN(C)C(=O)c1cc2c(cc1O[C@H]1COC[C@@H]1O)n(CCO)c(CN)[n+]2CC. The van der Waals surface area contributed by atoms with E-state index in [1.54, 1.807) is 4.90 Å². The van der Waals surface area contributed by atoms with Crippen LogP contribution < -0.4 is 15.0 Å². The van der Waals surface area contributed by atoms with Crippen molar-refractivity contribution >= 4 is 16.9 Å². The molecule has 1 aliphatic heterocycles. The second-order valence-electron chi connectivity index (χ2n) is 8.63. The Morgan fingerprint density at radius 2 is 2.09 bits per heavy atom. The molecule has 1 saturated heterocycles. The summed E-state index contributed by atoms with van der Waals surface area (Å²) >= 11 is 0. The molecule has 0 bridgehead atoms. The molecule has 0 aliphatic carbocycles. The van der Waals surface area contributed by atoms with Gasteiger partial charge in [0, 0.05) is 25.7 Å². The first-order chi connectivity index (χ1) is 16.0. The first-order valence-electron chi connectivity index (χ1n) is 12.0. The summed E-state index contributed by atoms with van der Waals surface area (Å²) in [5, 5.41) is 19.9. The number of nitrogens with zero attached hydrogens (tertiary/aromatic N) is 3. The van der Waals surface area contributed by atoms with Gasteiger partial charge in [-0.2, -0.15) is 0 Å². The van der Waals surface area contributed by atoms with Crippen LogP contribution in [0.4, 0.5) is 0 Å². The summed E-state index contributed by atoms with van der Waals surface area (Å²) in [5.74, 6) is 1.16. The molecule has 2 aromatic rings. The number of carbonyl (C=O) groups is 1. The van der Waals surface area contributed by atoms with Crippen molar-refractivity contribution in [2.75, 3.05) is 33.4 Å². The van der Waals surface area contributed by atoms with Crippen molar-refractivity contribution in [1.82, 2.24) is 9.47 Å². The van der Waals surface area contributed by atoms with E-state index in [-0.39, 0.29) is 25.7 Å². The number of hydrogen-bond acceptors (Lipinski definition) is 6. The molecule has 3 rings (SSSR count). The molecule has 4 N–H and O–H groups in total. The molecule has 9 heteroatoms. The minimum absolute atomic E-state index is 0.0347. The number of unbranched alkanes of at least 4 members (excludes halogenated alkanes) is 3. The van der Waals surface area contributed by atoms with Gasteiger partial charge in [-0.1, -0.05) is 26.2 Å². The number of aliphatic hydroxyl groups excluding tert-OH is 2. The first kappa shape index (κ1) is 25.4. The molecule has 33 heavy (non-hydrogen) atoms. The summed E-state index contributed by atoms with van der Waals surface area (Å²) in [6, 6.07) is 3.69. The van der Waals surface area contributed by atoms with E-state index in [1.807, 2.05) is 30.7 Å². The minimum atomic E-state index is -0.750. The smallest absolute Gasteiger partial charge is 0.271 e. The lowest BCUT2D eigenvalue weighted by molar-refractivity contribution is -0.676. The Kier molecular flexibility index (Phi) is 9.08. The maximum atomic E-state index is 13.5. The number of ether oxygens (including phenoxy) is 2.